The van der Waals surface area contributed by atoms with Gasteiger partial charge in [0.1, 0.15) is 16.9 Å². The number of hydrogen-bond acceptors (Lipinski definition) is 4. The summed E-state index contributed by atoms with van der Waals surface area (Å²) in [4.78, 5) is 15.6. The third kappa shape index (κ3) is 2.67. The number of rotatable bonds is 4. The standard InChI is InChI=1S/C22H25N3O3/c1-15(25-10-7-24(8-11-25)9-12-25)22(26)23-18-14-20-17(13-21(18)27-2)16-5-3-4-6-19(16)28-20/h3-6,13-15H,7-12H2,1-2H3/p+1/t15-/m1/s1. The molecule has 3 fully saturated rings. The van der Waals surface area contributed by atoms with E-state index in [9.17, 15) is 4.79 Å². The van der Waals surface area contributed by atoms with Gasteiger partial charge in [-0.2, -0.15) is 0 Å². The molecule has 0 aliphatic carbocycles. The van der Waals surface area contributed by atoms with Crippen LogP contribution in [0.1, 0.15) is 6.92 Å². The summed E-state index contributed by atoms with van der Waals surface area (Å²) in [6.07, 6.45) is 0. The maximum Gasteiger partial charge on any atom is 0.282 e. The third-order valence-corrected chi connectivity index (χ3v) is 6.74. The van der Waals surface area contributed by atoms with Gasteiger partial charge in [0.2, 0.25) is 0 Å². The molecule has 2 bridgehead atoms. The van der Waals surface area contributed by atoms with Crippen molar-refractivity contribution in [1.29, 1.82) is 0 Å². The van der Waals surface area contributed by atoms with Gasteiger partial charge in [0, 0.05) is 36.5 Å². The van der Waals surface area contributed by atoms with Crippen LogP contribution in [0.2, 0.25) is 0 Å². The predicted molar refractivity (Wildman–Crippen MR) is 110 cm³/mol. The predicted octanol–water partition coefficient (Wildman–Crippen LogP) is 3.07. The van der Waals surface area contributed by atoms with Crippen LogP contribution >= 0.6 is 0 Å². The van der Waals surface area contributed by atoms with Crippen molar-refractivity contribution >= 4 is 33.5 Å². The van der Waals surface area contributed by atoms with Crippen LogP contribution in [0.3, 0.4) is 0 Å². The SMILES string of the molecule is COc1cc2c(cc1NC(=O)[C@@H](C)[N+]13CCN(CC1)CC3)oc1ccccc12. The lowest BCUT2D eigenvalue weighted by Gasteiger charge is -2.52. The van der Waals surface area contributed by atoms with Gasteiger partial charge < -0.3 is 19.0 Å². The number of carbonyl (C=O) groups is 1. The van der Waals surface area contributed by atoms with Gasteiger partial charge in [-0.1, -0.05) is 18.2 Å². The Kier molecular flexibility index (Phi) is 4.07. The molecule has 1 aromatic heterocycles. The van der Waals surface area contributed by atoms with Gasteiger partial charge in [0.15, 0.2) is 6.04 Å². The molecule has 6 nitrogen and oxygen atoms in total. The summed E-state index contributed by atoms with van der Waals surface area (Å²) in [5.41, 5.74) is 2.25. The highest BCUT2D eigenvalue weighted by Gasteiger charge is 2.45. The molecule has 3 aliphatic rings. The number of nitrogens with one attached hydrogen (secondary N) is 1. The molecule has 3 aromatic rings. The van der Waals surface area contributed by atoms with E-state index in [1.807, 2.05) is 36.4 Å². The molecule has 28 heavy (non-hydrogen) atoms. The first kappa shape index (κ1) is 17.5. The first-order chi connectivity index (χ1) is 13.6. The van der Waals surface area contributed by atoms with Crippen LogP contribution in [-0.2, 0) is 4.79 Å². The largest absolute Gasteiger partial charge is 0.495 e. The minimum Gasteiger partial charge on any atom is -0.495 e. The van der Waals surface area contributed by atoms with E-state index in [0.29, 0.717) is 11.4 Å². The number of quaternary nitrogens is 1. The molecule has 6 heteroatoms. The van der Waals surface area contributed by atoms with E-state index in [2.05, 4.69) is 17.1 Å². The average molecular weight is 380 g/mol. The molecule has 1 N–H and O–H groups in total. The number of amides is 1. The molecule has 6 rings (SSSR count). The van der Waals surface area contributed by atoms with Crippen LogP contribution in [-0.4, -0.2) is 67.7 Å². The molecule has 3 aliphatic heterocycles. The van der Waals surface area contributed by atoms with Crippen molar-refractivity contribution in [2.24, 2.45) is 0 Å². The minimum atomic E-state index is -0.0847. The zero-order valence-electron chi connectivity index (χ0n) is 16.4. The lowest BCUT2D eigenvalue weighted by molar-refractivity contribution is -0.953. The molecular weight excluding hydrogens is 354 g/mol. The van der Waals surface area contributed by atoms with Crippen molar-refractivity contribution in [2.75, 3.05) is 51.7 Å². The second-order valence-electron chi connectivity index (χ2n) is 8.04. The zero-order valence-corrected chi connectivity index (χ0v) is 16.4. The van der Waals surface area contributed by atoms with Crippen molar-refractivity contribution in [3.8, 4) is 5.75 Å². The Morgan fingerprint density at radius 3 is 2.54 bits per heavy atom. The van der Waals surface area contributed by atoms with Gasteiger partial charge in [-0.15, -0.1) is 0 Å². The number of para-hydroxylation sites is 1. The van der Waals surface area contributed by atoms with E-state index in [1.165, 1.54) is 0 Å². The Hall–Kier alpha value is -2.57. The normalized spacial score (nSPS) is 25.1. The second-order valence-corrected chi connectivity index (χ2v) is 8.04. The van der Waals surface area contributed by atoms with Gasteiger partial charge in [-0.25, -0.2) is 0 Å². The number of carbonyl (C=O) groups excluding carboxylic acids is 1. The highest BCUT2D eigenvalue weighted by atomic mass is 16.5. The van der Waals surface area contributed by atoms with E-state index >= 15 is 0 Å². The molecule has 146 valence electrons. The smallest absolute Gasteiger partial charge is 0.282 e. The van der Waals surface area contributed by atoms with Crippen LogP contribution in [0.15, 0.2) is 40.8 Å². The van der Waals surface area contributed by atoms with Gasteiger partial charge >= 0.3 is 0 Å². The maximum atomic E-state index is 13.1. The molecule has 4 heterocycles. The number of methoxy groups -OCH3 is 1. The summed E-state index contributed by atoms with van der Waals surface area (Å²) < 4.78 is 12.5. The Labute approximate surface area is 164 Å². The molecule has 0 unspecified atom stereocenters. The van der Waals surface area contributed by atoms with E-state index in [0.717, 1.165) is 65.7 Å². The Bertz CT molecular complexity index is 1040. The van der Waals surface area contributed by atoms with Crippen LogP contribution in [0.4, 0.5) is 5.69 Å². The lowest BCUT2D eigenvalue weighted by atomic mass is 10.1. The molecule has 1 atom stereocenters. The number of nitrogens with zero attached hydrogens (tertiary/aromatic N) is 2. The number of fused-ring (bicyclic) bond motifs is 6. The fourth-order valence-corrected chi connectivity index (χ4v) is 4.78. The number of benzene rings is 2. The number of ether oxygens (including phenoxy) is 1. The van der Waals surface area contributed by atoms with E-state index < -0.39 is 0 Å². The maximum absolute atomic E-state index is 13.1. The minimum absolute atomic E-state index is 0.0455. The van der Waals surface area contributed by atoms with Crippen LogP contribution in [0.25, 0.3) is 21.9 Å². The fraction of sp³-hybridized carbons (Fsp3) is 0.409. The van der Waals surface area contributed by atoms with Crippen LogP contribution in [0.5, 0.6) is 5.75 Å². The van der Waals surface area contributed by atoms with Crippen molar-refractivity contribution in [3.63, 3.8) is 0 Å². The second kappa shape index (κ2) is 6.50. The molecule has 1 amide bonds. The van der Waals surface area contributed by atoms with Gasteiger partial charge in [-0.05, 0) is 19.1 Å². The summed E-state index contributed by atoms with van der Waals surface area (Å²) in [5, 5.41) is 5.16. The van der Waals surface area contributed by atoms with E-state index in [-0.39, 0.29) is 11.9 Å². The quantitative estimate of drug-likeness (QED) is 0.707. The summed E-state index contributed by atoms with van der Waals surface area (Å²) in [7, 11) is 1.63. The Morgan fingerprint density at radius 1 is 1.11 bits per heavy atom. The van der Waals surface area contributed by atoms with Crippen molar-refractivity contribution in [3.05, 3.63) is 36.4 Å². The van der Waals surface area contributed by atoms with E-state index in [1.54, 1.807) is 7.11 Å². The van der Waals surface area contributed by atoms with Crippen LogP contribution < -0.4 is 10.1 Å². The van der Waals surface area contributed by atoms with Crippen LogP contribution in [0, 0.1) is 0 Å². The number of hydrogen-bond donors (Lipinski definition) is 1. The molecular formula is C22H26N3O3+. The number of furan rings is 1. The number of anilines is 1. The monoisotopic (exact) mass is 380 g/mol. The highest BCUT2D eigenvalue weighted by Crippen LogP contribution is 2.36. The van der Waals surface area contributed by atoms with Gasteiger partial charge in [0.05, 0.1) is 32.4 Å². The summed E-state index contributed by atoms with van der Waals surface area (Å²) in [5.74, 6) is 0.701. The summed E-state index contributed by atoms with van der Waals surface area (Å²) in [6.45, 7) is 8.48. The Morgan fingerprint density at radius 2 is 1.82 bits per heavy atom. The topological polar surface area (TPSA) is 54.7 Å². The van der Waals surface area contributed by atoms with Gasteiger partial charge in [-0.3, -0.25) is 9.69 Å². The molecule has 0 spiro atoms. The zero-order chi connectivity index (χ0) is 19.3. The Balaban J connectivity index is 1.46. The molecule has 0 radical (unpaired) electrons. The summed E-state index contributed by atoms with van der Waals surface area (Å²) in [6, 6.07) is 11.7. The first-order valence-electron chi connectivity index (χ1n) is 9.98. The van der Waals surface area contributed by atoms with Crippen molar-refractivity contribution < 1.29 is 18.4 Å². The van der Waals surface area contributed by atoms with Gasteiger partial charge in [0.25, 0.3) is 5.91 Å². The summed E-state index contributed by atoms with van der Waals surface area (Å²) >= 11 is 0. The molecule has 0 saturated carbocycles. The van der Waals surface area contributed by atoms with E-state index in [4.69, 9.17) is 9.15 Å². The fourth-order valence-electron chi connectivity index (χ4n) is 4.78. The number of piperazine rings is 3. The lowest BCUT2D eigenvalue weighted by Crippen LogP contribution is -2.72. The first-order valence-corrected chi connectivity index (χ1v) is 9.98. The molecule has 3 saturated heterocycles. The third-order valence-electron chi connectivity index (χ3n) is 6.74. The van der Waals surface area contributed by atoms with Crippen molar-refractivity contribution in [2.45, 2.75) is 13.0 Å². The van der Waals surface area contributed by atoms with Crippen molar-refractivity contribution in [1.82, 2.24) is 4.90 Å². The average Bonchev–Trinajstić information content (AvgIpc) is 3.11. The highest BCUT2D eigenvalue weighted by molar-refractivity contribution is 6.08. The molecule has 2 aromatic carbocycles.